The number of pyridine rings is 1. The van der Waals surface area contributed by atoms with Crippen molar-refractivity contribution < 1.29 is 46.8 Å². The molecule has 0 amide bonds. The monoisotopic (exact) mass is 827 g/mol. The highest BCUT2D eigenvalue weighted by atomic mass is 35.5. The molecule has 2 fully saturated rings. The van der Waals surface area contributed by atoms with Crippen LogP contribution in [0.4, 0.5) is 14.5 Å². The molecule has 2 aliphatic rings. The van der Waals surface area contributed by atoms with Crippen LogP contribution in [0.3, 0.4) is 0 Å². The van der Waals surface area contributed by atoms with Crippen molar-refractivity contribution in [3.8, 4) is 17.2 Å². The molecule has 2 heterocycles. The van der Waals surface area contributed by atoms with Crippen LogP contribution >= 0.6 is 23.2 Å². The molecule has 0 bridgehead atoms. The molecule has 1 aromatic heterocycles. The molecule has 1 saturated carbocycles. The van der Waals surface area contributed by atoms with E-state index in [9.17, 15) is 23.6 Å². The number of nitrogens with zero attached hydrogens (tertiary/aromatic N) is 2. The van der Waals surface area contributed by atoms with Crippen molar-refractivity contribution in [2.45, 2.75) is 57.8 Å². The van der Waals surface area contributed by atoms with E-state index in [0.29, 0.717) is 52.0 Å². The van der Waals surface area contributed by atoms with Crippen LogP contribution in [0.25, 0.3) is 0 Å². The van der Waals surface area contributed by atoms with Crippen molar-refractivity contribution in [2.24, 2.45) is 11.8 Å². The number of piperidine rings is 1. The van der Waals surface area contributed by atoms with Gasteiger partial charge in [0.05, 0.1) is 25.9 Å². The number of aromatic nitrogens is 1. The number of hydrogen-bond donors (Lipinski definition) is 1. The number of alkyl halides is 2. The molecule has 1 aliphatic heterocycles. The van der Waals surface area contributed by atoms with Gasteiger partial charge in [-0.15, -0.1) is 0 Å². The quantitative estimate of drug-likeness (QED) is 0.0593. The van der Waals surface area contributed by atoms with E-state index in [0.717, 1.165) is 57.7 Å². The predicted molar refractivity (Wildman–Crippen MR) is 210 cm³/mol. The number of ether oxygens (including phenoxy) is 5. The summed E-state index contributed by atoms with van der Waals surface area (Å²) in [5.74, 6) is -0.155. The number of carbonyl (C=O) groups is 2. The summed E-state index contributed by atoms with van der Waals surface area (Å²) in [6, 6.07) is 16.9. The van der Waals surface area contributed by atoms with Crippen LogP contribution in [0.2, 0.25) is 10.0 Å². The zero-order chi connectivity index (χ0) is 40.5. The van der Waals surface area contributed by atoms with Crippen molar-refractivity contribution in [2.75, 3.05) is 45.3 Å². The largest absolute Gasteiger partial charge is 0.619 e. The minimum Gasteiger partial charge on any atom is -0.619 e. The second-order valence-electron chi connectivity index (χ2n) is 14.2. The third-order valence-corrected chi connectivity index (χ3v) is 10.8. The van der Waals surface area contributed by atoms with Crippen LogP contribution in [-0.4, -0.2) is 63.4 Å². The predicted octanol–water partition coefficient (Wildman–Crippen LogP) is 8.59. The molecule has 0 radical (unpaired) electrons. The molecule has 1 aliphatic carbocycles. The molecule has 1 saturated heterocycles. The van der Waals surface area contributed by atoms with Crippen LogP contribution < -0.4 is 24.3 Å². The fourth-order valence-corrected chi connectivity index (χ4v) is 7.19. The van der Waals surface area contributed by atoms with Gasteiger partial charge in [-0.2, -0.15) is 13.5 Å². The first kappa shape index (κ1) is 41.8. The van der Waals surface area contributed by atoms with E-state index in [1.165, 1.54) is 18.2 Å². The third kappa shape index (κ3) is 11.6. The molecule has 11 nitrogen and oxygen atoms in total. The minimum absolute atomic E-state index is 0.0375. The lowest BCUT2D eigenvalue weighted by atomic mass is 9.98. The molecule has 0 spiro atoms. The molecule has 2 atom stereocenters. The van der Waals surface area contributed by atoms with Crippen LogP contribution in [0, 0.1) is 17.0 Å². The number of hydrogen-bond acceptors (Lipinski definition) is 10. The van der Waals surface area contributed by atoms with Gasteiger partial charge < -0.3 is 39.1 Å². The Morgan fingerprint density at radius 1 is 0.912 bits per heavy atom. The Balaban J connectivity index is 1.25. The van der Waals surface area contributed by atoms with E-state index in [2.05, 4.69) is 17.1 Å². The van der Waals surface area contributed by atoms with Gasteiger partial charge in [-0.3, -0.25) is 0 Å². The highest BCUT2D eigenvalue weighted by Crippen LogP contribution is 2.38. The Bertz CT molecular complexity index is 1970. The summed E-state index contributed by atoms with van der Waals surface area (Å²) in [6.45, 7) is 2.55. The van der Waals surface area contributed by atoms with Crippen molar-refractivity contribution in [3.05, 3.63) is 117 Å². The molecule has 1 unspecified atom stereocenters. The number of benzene rings is 3. The molecule has 57 heavy (non-hydrogen) atoms. The van der Waals surface area contributed by atoms with Crippen LogP contribution in [0.5, 0.6) is 17.2 Å². The van der Waals surface area contributed by atoms with Gasteiger partial charge in [-0.05, 0) is 111 Å². The topological polar surface area (TPSA) is 123 Å². The maximum Gasteiger partial charge on any atom is 0.387 e. The van der Waals surface area contributed by atoms with Gasteiger partial charge in [0.15, 0.2) is 29.9 Å². The lowest BCUT2D eigenvalue weighted by Gasteiger charge is -2.31. The van der Waals surface area contributed by atoms with Crippen LogP contribution in [0.1, 0.15) is 71.8 Å². The van der Waals surface area contributed by atoms with Gasteiger partial charge >= 0.3 is 18.6 Å². The second-order valence-corrected chi connectivity index (χ2v) is 15.0. The number of likely N-dealkylation sites (tertiary alicyclic amines) is 1. The van der Waals surface area contributed by atoms with Gasteiger partial charge in [-0.25, -0.2) is 9.59 Å². The Labute approximate surface area is 340 Å². The maximum atomic E-state index is 14.0. The number of carbonyl (C=O) groups excluding carboxylic acids is 2. The summed E-state index contributed by atoms with van der Waals surface area (Å²) >= 11 is 12.9. The smallest absolute Gasteiger partial charge is 0.387 e. The molecule has 15 heteroatoms. The van der Waals surface area contributed by atoms with Gasteiger partial charge in [0.1, 0.15) is 21.9 Å². The highest BCUT2D eigenvalue weighted by molar-refractivity contribution is 6.35. The van der Waals surface area contributed by atoms with Crippen LogP contribution in [0.15, 0.2) is 79.1 Å². The summed E-state index contributed by atoms with van der Waals surface area (Å²) < 4.78 is 55.0. The Morgan fingerprint density at radius 3 is 2.25 bits per heavy atom. The van der Waals surface area contributed by atoms with E-state index in [-0.39, 0.29) is 39.4 Å². The molecule has 4 aromatic rings. The fourth-order valence-electron chi connectivity index (χ4n) is 6.59. The van der Waals surface area contributed by atoms with Gasteiger partial charge in [0, 0.05) is 17.7 Å². The molecule has 6 rings (SSSR count). The lowest BCUT2D eigenvalue weighted by molar-refractivity contribution is -0.605. The first-order chi connectivity index (χ1) is 27.5. The third-order valence-electron chi connectivity index (χ3n) is 10.1. The normalized spacial score (nSPS) is 15.8. The standard InChI is InChI=1S/C42H45Cl2F2N3O8/c1-3-48-17-15-27(16-18-48)25-55-41(51)39(28-9-12-32(53-2)13-10-28)47-31-6-4-5-30(19-31)40(50)56-37(21-33-34(43)22-49(52)23-35(33)44)29-11-14-36(57-42(45)46)38(20-29)54-24-26-7-8-26/h4-6,9-14,19-20,22-23,26-27,37,39,42,47H,3,7-8,15-18,21,24-25H2,1-2H3/t37-,39?/m0/s1. The zero-order valence-corrected chi connectivity index (χ0v) is 33.1. The number of nitrogens with one attached hydrogen (secondary N) is 1. The SMILES string of the molecule is CCN1CCC(COC(=O)C(Nc2cccc(C(=O)O[C@@H](Cc3c(Cl)c[n+]([O-])cc3Cl)c3ccc(OC(F)F)c(OCC4CC4)c3)c2)c2ccc(OC)cc2)CC1. The summed E-state index contributed by atoms with van der Waals surface area (Å²) in [5.41, 5.74) is 1.90. The Morgan fingerprint density at radius 2 is 1.60 bits per heavy atom. The van der Waals surface area contributed by atoms with E-state index < -0.39 is 30.7 Å². The average molecular weight is 829 g/mol. The number of esters is 2. The molecule has 1 N–H and O–H groups in total. The number of rotatable bonds is 18. The average Bonchev–Trinajstić information content (AvgIpc) is 4.04. The summed E-state index contributed by atoms with van der Waals surface area (Å²) in [7, 11) is 1.56. The molecule has 3 aromatic carbocycles. The van der Waals surface area contributed by atoms with Crippen molar-refractivity contribution in [1.29, 1.82) is 0 Å². The zero-order valence-electron chi connectivity index (χ0n) is 31.6. The fraction of sp³-hybridized carbons (Fsp3) is 0.405. The maximum absolute atomic E-state index is 14.0. The Hall–Kier alpha value is -4.85. The number of halogens is 4. The lowest BCUT2D eigenvalue weighted by Crippen LogP contribution is -2.35. The molecule has 304 valence electrons. The first-order valence-corrected chi connectivity index (χ1v) is 19.6. The minimum atomic E-state index is -3.09. The van der Waals surface area contributed by atoms with Crippen molar-refractivity contribution in [3.63, 3.8) is 0 Å². The first-order valence-electron chi connectivity index (χ1n) is 18.9. The second kappa shape index (κ2) is 19.5. The van der Waals surface area contributed by atoms with Crippen molar-refractivity contribution in [1.82, 2.24) is 4.90 Å². The molecular weight excluding hydrogens is 783 g/mol. The molecular formula is C42H45Cl2F2N3O8. The summed E-state index contributed by atoms with van der Waals surface area (Å²) in [5, 5.41) is 15.3. The van der Waals surface area contributed by atoms with E-state index in [1.54, 1.807) is 55.6 Å². The van der Waals surface area contributed by atoms with E-state index in [1.807, 2.05) is 0 Å². The van der Waals surface area contributed by atoms with E-state index >= 15 is 0 Å². The van der Waals surface area contributed by atoms with Gasteiger partial charge in [0.2, 0.25) is 0 Å². The van der Waals surface area contributed by atoms with Crippen LogP contribution in [-0.2, 0) is 20.7 Å². The summed E-state index contributed by atoms with van der Waals surface area (Å²) in [6.07, 6.45) is 4.89. The van der Waals surface area contributed by atoms with Crippen molar-refractivity contribution >= 4 is 40.8 Å². The summed E-state index contributed by atoms with van der Waals surface area (Å²) in [4.78, 5) is 30.0. The number of methoxy groups -OCH3 is 1. The van der Waals surface area contributed by atoms with Gasteiger partial charge in [0.25, 0.3) is 0 Å². The van der Waals surface area contributed by atoms with Gasteiger partial charge in [-0.1, -0.05) is 54.4 Å². The van der Waals surface area contributed by atoms with E-state index in [4.69, 9.17) is 46.9 Å². The number of anilines is 1. The highest BCUT2D eigenvalue weighted by Gasteiger charge is 2.29. The Kier molecular flexibility index (Phi) is 14.3.